The van der Waals surface area contributed by atoms with Crippen LogP contribution in [-0.2, 0) is 9.84 Å². The highest BCUT2D eigenvalue weighted by Gasteiger charge is 2.09. The van der Waals surface area contributed by atoms with Crippen molar-refractivity contribution in [3.8, 4) is 0 Å². The van der Waals surface area contributed by atoms with E-state index in [0.717, 1.165) is 37.3 Å². The second kappa shape index (κ2) is 20.7. The van der Waals surface area contributed by atoms with Crippen LogP contribution in [0.4, 0.5) is 11.5 Å². The normalized spacial score (nSPS) is 11.0. The predicted octanol–water partition coefficient (Wildman–Crippen LogP) is 6.58. The van der Waals surface area contributed by atoms with E-state index >= 15 is 0 Å². The lowest BCUT2D eigenvalue weighted by Gasteiger charge is -2.14. The number of nitrogens with zero attached hydrogens (tertiary/aromatic N) is 1. The maximum atomic E-state index is 11.5. The number of anilines is 2. The van der Waals surface area contributed by atoms with E-state index in [1.165, 1.54) is 6.26 Å². The van der Waals surface area contributed by atoms with Gasteiger partial charge in [-0.3, -0.25) is 0 Å². The fraction of sp³-hybridized carbons (Fsp3) is 0.370. The second-order valence-electron chi connectivity index (χ2n) is 6.92. The zero-order valence-corrected chi connectivity index (χ0v) is 22.4. The average molecular weight is 495 g/mol. The highest BCUT2D eigenvalue weighted by molar-refractivity contribution is 7.90. The van der Waals surface area contributed by atoms with Crippen LogP contribution in [0.5, 0.6) is 0 Å². The van der Waals surface area contributed by atoms with Crippen LogP contribution in [0.25, 0.3) is 0 Å². The van der Waals surface area contributed by atoms with E-state index in [0.29, 0.717) is 16.6 Å². The molecule has 0 unspecified atom stereocenters. The van der Waals surface area contributed by atoms with Gasteiger partial charge in [-0.1, -0.05) is 57.7 Å². The van der Waals surface area contributed by atoms with Gasteiger partial charge >= 0.3 is 0 Å². The Morgan fingerprint density at radius 1 is 1.15 bits per heavy atom. The van der Waals surface area contributed by atoms with Crippen LogP contribution in [-0.4, -0.2) is 39.3 Å². The Kier molecular flexibility index (Phi) is 20.2. The summed E-state index contributed by atoms with van der Waals surface area (Å²) in [7, 11) is -3.13. The molecular weight excluding hydrogens is 444 g/mol. The lowest BCUT2D eigenvalue weighted by atomic mass is 10.0. The van der Waals surface area contributed by atoms with E-state index < -0.39 is 9.84 Å². The number of allylic oxidation sites excluding steroid dienone is 3. The van der Waals surface area contributed by atoms with E-state index in [1.54, 1.807) is 24.4 Å². The molecule has 0 aliphatic carbocycles. The molecule has 7 heteroatoms. The summed E-state index contributed by atoms with van der Waals surface area (Å²) >= 11 is 0. The van der Waals surface area contributed by atoms with Crippen molar-refractivity contribution in [2.75, 3.05) is 36.9 Å². The standard InChI is InChI=1S/C18H26N4O2S.C5H8.C2H6.C2H4.3H2/c1-14(15-6-8-16(9-7-15)25(2,23)24)13-20-10-4-12-21-17-5-3-11-22-18(17)19;1-3-5-4-2;2*1-2;;;/h3,5-9,11,14,20-21H,4,10,12-13H2,1-2H3,(H2,19,22);3-5H,1H2,2H3;1-2H3;1-2H2;3*1H/b;5-4-;;;;;/t14-;;;;;;/m1....../s1. The molecule has 6 nitrogen and oxygen atoms in total. The minimum atomic E-state index is -3.13. The molecule has 0 bridgehead atoms. The van der Waals surface area contributed by atoms with Crippen molar-refractivity contribution in [2.24, 2.45) is 0 Å². The monoisotopic (exact) mass is 494 g/mol. The lowest BCUT2D eigenvalue weighted by Crippen LogP contribution is -2.23. The molecule has 0 aliphatic heterocycles. The number of sulfone groups is 1. The summed E-state index contributed by atoms with van der Waals surface area (Å²) in [4.78, 5) is 4.39. The zero-order valence-electron chi connectivity index (χ0n) is 21.5. The predicted molar refractivity (Wildman–Crippen MR) is 157 cm³/mol. The van der Waals surface area contributed by atoms with Crippen LogP contribution >= 0.6 is 0 Å². The highest BCUT2D eigenvalue weighted by Crippen LogP contribution is 2.17. The van der Waals surface area contributed by atoms with Gasteiger partial charge in [0.1, 0.15) is 5.82 Å². The Labute approximate surface area is 212 Å². The number of hydrogen-bond donors (Lipinski definition) is 3. The minimum Gasteiger partial charge on any atom is -0.382 e. The van der Waals surface area contributed by atoms with Gasteiger partial charge in [0.2, 0.25) is 0 Å². The SMILES string of the molecule is C=C.C=C/C=C\C.CC.C[C@H](CNCCCNc1cccnc1N)c1ccc(S(C)(=O)=O)cc1.[HH].[HH].[HH]. The third-order valence-electron chi connectivity index (χ3n) is 4.34. The summed E-state index contributed by atoms with van der Waals surface area (Å²) in [6.45, 7) is 20.1. The molecule has 1 heterocycles. The number of aromatic nitrogens is 1. The lowest BCUT2D eigenvalue weighted by molar-refractivity contribution is 0.599. The number of nitrogen functional groups attached to an aromatic ring is 1. The van der Waals surface area contributed by atoms with Crippen molar-refractivity contribution in [1.29, 1.82) is 0 Å². The van der Waals surface area contributed by atoms with Crippen molar-refractivity contribution in [3.05, 3.63) is 86.1 Å². The molecule has 34 heavy (non-hydrogen) atoms. The maximum Gasteiger partial charge on any atom is 0.175 e. The highest BCUT2D eigenvalue weighted by atomic mass is 32.2. The second-order valence-corrected chi connectivity index (χ2v) is 8.94. The average Bonchev–Trinajstić information content (AvgIpc) is 2.85. The number of benzene rings is 1. The molecule has 4 N–H and O–H groups in total. The quantitative estimate of drug-likeness (QED) is 0.196. The van der Waals surface area contributed by atoms with Crippen LogP contribution in [0.15, 0.2) is 85.5 Å². The summed E-state index contributed by atoms with van der Waals surface area (Å²) < 4.78 is 23.0. The fourth-order valence-electron chi connectivity index (χ4n) is 2.62. The van der Waals surface area contributed by atoms with E-state index in [2.05, 4.69) is 42.3 Å². The molecule has 0 fully saturated rings. The number of nitrogens with two attached hydrogens (primary N) is 1. The first-order chi connectivity index (χ1) is 16.3. The Balaban J connectivity index is -0.000000251. The smallest absolute Gasteiger partial charge is 0.175 e. The van der Waals surface area contributed by atoms with Crippen molar-refractivity contribution in [3.63, 3.8) is 0 Å². The molecule has 0 saturated heterocycles. The summed E-state index contributed by atoms with van der Waals surface area (Å²) in [6.07, 6.45) is 9.44. The molecule has 0 aliphatic rings. The summed E-state index contributed by atoms with van der Waals surface area (Å²) in [5.41, 5.74) is 7.77. The van der Waals surface area contributed by atoms with Gasteiger partial charge in [0.25, 0.3) is 0 Å². The Bertz CT molecular complexity index is 926. The van der Waals surface area contributed by atoms with Gasteiger partial charge in [0.15, 0.2) is 9.84 Å². The first-order valence-electron chi connectivity index (χ1n) is 11.5. The van der Waals surface area contributed by atoms with E-state index in [9.17, 15) is 8.42 Å². The summed E-state index contributed by atoms with van der Waals surface area (Å²) in [6, 6.07) is 10.9. The fourth-order valence-corrected chi connectivity index (χ4v) is 3.25. The van der Waals surface area contributed by atoms with Gasteiger partial charge in [0.05, 0.1) is 10.6 Å². The van der Waals surface area contributed by atoms with Gasteiger partial charge in [-0.05, 0) is 55.6 Å². The molecule has 1 atom stereocenters. The largest absolute Gasteiger partial charge is 0.382 e. The number of pyridine rings is 1. The van der Waals surface area contributed by atoms with Gasteiger partial charge in [-0.2, -0.15) is 0 Å². The maximum absolute atomic E-state index is 11.5. The molecule has 2 aromatic rings. The summed E-state index contributed by atoms with van der Waals surface area (Å²) in [5.74, 6) is 0.831. The van der Waals surface area contributed by atoms with E-state index in [1.807, 2.05) is 57.2 Å². The van der Waals surface area contributed by atoms with Crippen LogP contribution in [0.2, 0.25) is 0 Å². The van der Waals surface area contributed by atoms with Crippen molar-refractivity contribution in [1.82, 2.24) is 10.3 Å². The molecule has 0 amide bonds. The molecule has 0 spiro atoms. The van der Waals surface area contributed by atoms with Crippen molar-refractivity contribution >= 4 is 21.3 Å². The van der Waals surface area contributed by atoms with E-state index in [4.69, 9.17) is 5.73 Å². The number of hydrogen-bond acceptors (Lipinski definition) is 6. The van der Waals surface area contributed by atoms with Crippen LogP contribution < -0.4 is 16.4 Å². The number of rotatable bonds is 10. The van der Waals surface area contributed by atoms with Crippen LogP contribution in [0.3, 0.4) is 0 Å². The third-order valence-corrected chi connectivity index (χ3v) is 5.47. The zero-order chi connectivity index (χ0) is 26.4. The van der Waals surface area contributed by atoms with Gasteiger partial charge < -0.3 is 16.4 Å². The topological polar surface area (TPSA) is 97.1 Å². The molecule has 196 valence electrons. The van der Waals surface area contributed by atoms with E-state index in [-0.39, 0.29) is 4.28 Å². The Hall–Kier alpha value is -2.90. The molecule has 1 aromatic heterocycles. The van der Waals surface area contributed by atoms with Crippen molar-refractivity contribution < 1.29 is 12.7 Å². The van der Waals surface area contributed by atoms with Crippen LogP contribution in [0.1, 0.15) is 49.9 Å². The number of nitrogens with one attached hydrogen (secondary N) is 2. The third kappa shape index (κ3) is 15.0. The van der Waals surface area contributed by atoms with Gasteiger partial charge in [0, 0.05) is 29.8 Å². The van der Waals surface area contributed by atoms with Gasteiger partial charge in [-0.15, -0.1) is 13.2 Å². The molecule has 2 rings (SSSR count). The Morgan fingerprint density at radius 2 is 1.76 bits per heavy atom. The minimum absolute atomic E-state index is 0. The Morgan fingerprint density at radius 3 is 2.24 bits per heavy atom. The molecular formula is C27H50N4O2S. The molecule has 1 aromatic carbocycles. The van der Waals surface area contributed by atoms with Crippen molar-refractivity contribution in [2.45, 2.75) is 44.9 Å². The van der Waals surface area contributed by atoms with Crippen LogP contribution in [0, 0.1) is 0 Å². The molecule has 0 radical (unpaired) electrons. The van der Waals surface area contributed by atoms with Gasteiger partial charge in [-0.25, -0.2) is 13.4 Å². The molecule has 0 saturated carbocycles. The first-order valence-corrected chi connectivity index (χ1v) is 13.4. The first kappa shape index (κ1) is 33.3. The summed E-state index contributed by atoms with van der Waals surface area (Å²) in [5, 5.41) is 6.69.